The summed E-state index contributed by atoms with van der Waals surface area (Å²) in [5, 5.41) is 3.04. The fourth-order valence-corrected chi connectivity index (χ4v) is 1.55. The van der Waals surface area contributed by atoms with Gasteiger partial charge in [0, 0.05) is 6.42 Å². The molecule has 1 aromatic carbocycles. The molecule has 0 aliphatic carbocycles. The number of carbonyl (C=O) groups excluding carboxylic acids is 1. The largest absolute Gasteiger partial charge is 0.308 e. The number of ketones is 1. The SMILES string of the molecule is CNC(C)(C)C(=O)CCCc1ccccc1. The number of likely N-dealkylation sites (N-methyl/N-ethyl adjacent to an activating group) is 1. The van der Waals surface area contributed by atoms with Crippen LogP contribution in [0.1, 0.15) is 32.3 Å². The zero-order chi connectivity index (χ0) is 12.0. The van der Waals surface area contributed by atoms with Crippen LogP contribution < -0.4 is 5.32 Å². The van der Waals surface area contributed by atoms with Gasteiger partial charge in [-0.2, -0.15) is 0 Å². The Hall–Kier alpha value is -1.15. The van der Waals surface area contributed by atoms with Crippen molar-refractivity contribution in [2.45, 2.75) is 38.6 Å². The minimum Gasteiger partial charge on any atom is -0.308 e. The Morgan fingerprint density at radius 2 is 1.88 bits per heavy atom. The van der Waals surface area contributed by atoms with E-state index in [-0.39, 0.29) is 5.78 Å². The molecule has 0 unspecified atom stereocenters. The highest BCUT2D eigenvalue weighted by Crippen LogP contribution is 2.10. The van der Waals surface area contributed by atoms with Crippen LogP contribution in [0.25, 0.3) is 0 Å². The standard InChI is InChI=1S/C14H21NO/c1-14(2,15-3)13(16)11-7-10-12-8-5-4-6-9-12/h4-6,8-9,15H,7,10-11H2,1-3H3. The minimum absolute atomic E-state index is 0.283. The Morgan fingerprint density at radius 3 is 2.44 bits per heavy atom. The summed E-state index contributed by atoms with van der Waals surface area (Å²) in [7, 11) is 1.83. The third-order valence-electron chi connectivity index (χ3n) is 3.03. The molecule has 0 heterocycles. The predicted molar refractivity (Wildman–Crippen MR) is 67.5 cm³/mol. The first kappa shape index (κ1) is 12.9. The van der Waals surface area contributed by atoms with Crippen LogP contribution in [0.4, 0.5) is 0 Å². The predicted octanol–water partition coefficient (Wildman–Crippen LogP) is 2.58. The third kappa shape index (κ3) is 3.78. The lowest BCUT2D eigenvalue weighted by Crippen LogP contribution is -2.44. The van der Waals surface area contributed by atoms with Gasteiger partial charge < -0.3 is 5.32 Å². The number of carbonyl (C=O) groups is 1. The lowest BCUT2D eigenvalue weighted by molar-refractivity contribution is -0.124. The zero-order valence-corrected chi connectivity index (χ0v) is 10.4. The van der Waals surface area contributed by atoms with Crippen molar-refractivity contribution in [1.82, 2.24) is 5.32 Å². The van der Waals surface area contributed by atoms with Crippen molar-refractivity contribution >= 4 is 5.78 Å². The van der Waals surface area contributed by atoms with E-state index in [1.165, 1.54) is 5.56 Å². The fourth-order valence-electron chi connectivity index (χ4n) is 1.55. The van der Waals surface area contributed by atoms with Crippen LogP contribution in [0.15, 0.2) is 30.3 Å². The second kappa shape index (κ2) is 5.80. The number of hydrogen-bond acceptors (Lipinski definition) is 2. The van der Waals surface area contributed by atoms with Gasteiger partial charge in [0.05, 0.1) is 5.54 Å². The second-order valence-corrected chi connectivity index (χ2v) is 4.64. The lowest BCUT2D eigenvalue weighted by Gasteiger charge is -2.22. The van der Waals surface area contributed by atoms with Gasteiger partial charge in [-0.05, 0) is 39.3 Å². The number of rotatable bonds is 6. The van der Waals surface area contributed by atoms with E-state index in [0.717, 1.165) is 12.8 Å². The average molecular weight is 219 g/mol. The van der Waals surface area contributed by atoms with Crippen LogP contribution in [0, 0.1) is 0 Å². The average Bonchev–Trinajstić information content (AvgIpc) is 2.30. The summed E-state index contributed by atoms with van der Waals surface area (Å²) in [5.41, 5.74) is 0.911. The Balaban J connectivity index is 2.34. The van der Waals surface area contributed by atoms with E-state index in [2.05, 4.69) is 17.4 Å². The number of hydrogen-bond donors (Lipinski definition) is 1. The highest BCUT2D eigenvalue weighted by Gasteiger charge is 2.23. The summed E-state index contributed by atoms with van der Waals surface area (Å²) >= 11 is 0. The van der Waals surface area contributed by atoms with Crippen molar-refractivity contribution in [3.8, 4) is 0 Å². The zero-order valence-electron chi connectivity index (χ0n) is 10.4. The minimum atomic E-state index is -0.392. The number of aryl methyl sites for hydroxylation is 1. The highest BCUT2D eigenvalue weighted by molar-refractivity contribution is 5.87. The van der Waals surface area contributed by atoms with Gasteiger partial charge in [-0.1, -0.05) is 30.3 Å². The molecule has 0 saturated carbocycles. The van der Waals surface area contributed by atoms with Crippen molar-refractivity contribution < 1.29 is 4.79 Å². The molecule has 0 saturated heterocycles. The van der Waals surface area contributed by atoms with Crippen LogP contribution in [0.5, 0.6) is 0 Å². The van der Waals surface area contributed by atoms with E-state index in [1.807, 2.05) is 39.1 Å². The maximum atomic E-state index is 11.8. The van der Waals surface area contributed by atoms with Gasteiger partial charge in [-0.25, -0.2) is 0 Å². The van der Waals surface area contributed by atoms with E-state index in [4.69, 9.17) is 0 Å². The van der Waals surface area contributed by atoms with Crippen LogP contribution >= 0.6 is 0 Å². The first-order valence-electron chi connectivity index (χ1n) is 5.82. The maximum absolute atomic E-state index is 11.8. The Bertz CT molecular complexity index is 330. The first-order valence-corrected chi connectivity index (χ1v) is 5.82. The summed E-state index contributed by atoms with van der Waals surface area (Å²) in [6, 6.07) is 10.3. The van der Waals surface area contributed by atoms with Crippen LogP contribution in [0.2, 0.25) is 0 Å². The summed E-state index contributed by atoms with van der Waals surface area (Å²) in [6.45, 7) is 3.86. The molecular formula is C14H21NO. The molecule has 1 N–H and O–H groups in total. The fraction of sp³-hybridized carbons (Fsp3) is 0.500. The summed E-state index contributed by atoms with van der Waals surface area (Å²) < 4.78 is 0. The van der Waals surface area contributed by atoms with E-state index in [9.17, 15) is 4.79 Å². The molecule has 16 heavy (non-hydrogen) atoms. The Morgan fingerprint density at radius 1 is 1.25 bits per heavy atom. The Kier molecular flexibility index (Phi) is 4.69. The molecule has 0 aromatic heterocycles. The molecule has 2 heteroatoms. The van der Waals surface area contributed by atoms with Gasteiger partial charge in [-0.15, -0.1) is 0 Å². The van der Waals surface area contributed by atoms with E-state index >= 15 is 0 Å². The molecule has 1 rings (SSSR count). The molecule has 2 nitrogen and oxygen atoms in total. The number of nitrogens with one attached hydrogen (secondary N) is 1. The monoisotopic (exact) mass is 219 g/mol. The molecule has 1 aromatic rings. The first-order chi connectivity index (χ1) is 7.56. The molecule has 0 bridgehead atoms. The van der Waals surface area contributed by atoms with Crippen molar-refractivity contribution in [3.63, 3.8) is 0 Å². The molecule has 0 aliphatic rings. The topological polar surface area (TPSA) is 29.1 Å². The molecule has 0 atom stereocenters. The third-order valence-corrected chi connectivity index (χ3v) is 3.03. The molecular weight excluding hydrogens is 198 g/mol. The van der Waals surface area contributed by atoms with E-state index in [0.29, 0.717) is 6.42 Å². The number of benzene rings is 1. The van der Waals surface area contributed by atoms with Gasteiger partial charge in [0.2, 0.25) is 0 Å². The van der Waals surface area contributed by atoms with Crippen molar-refractivity contribution in [2.24, 2.45) is 0 Å². The second-order valence-electron chi connectivity index (χ2n) is 4.64. The normalized spacial score (nSPS) is 11.4. The van der Waals surface area contributed by atoms with Crippen LogP contribution in [-0.4, -0.2) is 18.4 Å². The van der Waals surface area contributed by atoms with Crippen LogP contribution in [0.3, 0.4) is 0 Å². The summed E-state index contributed by atoms with van der Waals surface area (Å²) in [4.78, 5) is 11.8. The molecule has 0 amide bonds. The van der Waals surface area contributed by atoms with Crippen molar-refractivity contribution in [3.05, 3.63) is 35.9 Å². The van der Waals surface area contributed by atoms with Gasteiger partial charge >= 0.3 is 0 Å². The quantitative estimate of drug-likeness (QED) is 0.796. The molecule has 0 radical (unpaired) electrons. The highest BCUT2D eigenvalue weighted by atomic mass is 16.1. The summed E-state index contributed by atoms with van der Waals surface area (Å²) in [5.74, 6) is 0.283. The lowest BCUT2D eigenvalue weighted by atomic mass is 9.94. The van der Waals surface area contributed by atoms with Gasteiger partial charge in [-0.3, -0.25) is 4.79 Å². The summed E-state index contributed by atoms with van der Waals surface area (Å²) in [6.07, 6.45) is 2.54. The van der Waals surface area contributed by atoms with Crippen molar-refractivity contribution in [2.75, 3.05) is 7.05 Å². The number of Topliss-reactive ketones (excluding diaryl/α,β-unsaturated/α-hetero) is 1. The molecule has 0 fully saturated rings. The van der Waals surface area contributed by atoms with Crippen molar-refractivity contribution in [1.29, 1.82) is 0 Å². The maximum Gasteiger partial charge on any atom is 0.152 e. The van der Waals surface area contributed by atoms with Gasteiger partial charge in [0.25, 0.3) is 0 Å². The molecule has 88 valence electrons. The Labute approximate surface area is 98.1 Å². The van der Waals surface area contributed by atoms with Crippen LogP contribution in [-0.2, 0) is 11.2 Å². The van der Waals surface area contributed by atoms with Gasteiger partial charge in [0.1, 0.15) is 0 Å². The van der Waals surface area contributed by atoms with E-state index < -0.39 is 5.54 Å². The smallest absolute Gasteiger partial charge is 0.152 e. The molecule has 0 aliphatic heterocycles. The van der Waals surface area contributed by atoms with Gasteiger partial charge in [0.15, 0.2) is 5.78 Å². The molecule has 0 spiro atoms. The van der Waals surface area contributed by atoms with E-state index in [1.54, 1.807) is 0 Å².